The molecular formula is C20H28N4O5. The lowest BCUT2D eigenvalue weighted by Crippen LogP contribution is -2.31. The van der Waals surface area contributed by atoms with Gasteiger partial charge in [-0.05, 0) is 45.4 Å². The summed E-state index contributed by atoms with van der Waals surface area (Å²) in [7, 11) is 0. The summed E-state index contributed by atoms with van der Waals surface area (Å²) in [6, 6.07) is 5.56. The summed E-state index contributed by atoms with van der Waals surface area (Å²) in [5.74, 6) is 0.752. The number of aromatic nitrogens is 2. The van der Waals surface area contributed by atoms with E-state index in [2.05, 4.69) is 10.4 Å². The second-order valence-corrected chi connectivity index (χ2v) is 6.72. The molecule has 1 unspecified atom stereocenters. The number of nitro groups is 1. The Labute approximate surface area is 170 Å². The Hall–Kier alpha value is -3.10. The summed E-state index contributed by atoms with van der Waals surface area (Å²) >= 11 is 0. The molecule has 0 bridgehead atoms. The van der Waals surface area contributed by atoms with Gasteiger partial charge >= 0.3 is 5.69 Å². The first-order chi connectivity index (χ1) is 13.8. The first kappa shape index (κ1) is 22.2. The molecule has 29 heavy (non-hydrogen) atoms. The molecule has 1 N–H and O–H groups in total. The lowest BCUT2D eigenvalue weighted by Gasteiger charge is -2.15. The monoisotopic (exact) mass is 404 g/mol. The zero-order valence-corrected chi connectivity index (χ0v) is 17.5. The maximum Gasteiger partial charge on any atom is 0.312 e. The average Bonchev–Trinajstić information content (AvgIpc) is 2.95. The van der Waals surface area contributed by atoms with Crippen molar-refractivity contribution >= 4 is 11.6 Å². The van der Waals surface area contributed by atoms with Crippen LogP contribution in [0.4, 0.5) is 5.69 Å². The molecular weight excluding hydrogens is 376 g/mol. The molecule has 0 saturated heterocycles. The number of amides is 1. The molecule has 0 aliphatic rings. The maximum atomic E-state index is 12.5. The zero-order valence-electron chi connectivity index (χ0n) is 17.5. The molecule has 1 amide bonds. The van der Waals surface area contributed by atoms with E-state index in [0.717, 1.165) is 5.56 Å². The number of nitrogens with one attached hydrogen (secondary N) is 1. The van der Waals surface area contributed by atoms with Gasteiger partial charge < -0.3 is 14.8 Å². The number of benzene rings is 1. The number of aryl methyl sites for hydroxylation is 1. The van der Waals surface area contributed by atoms with E-state index in [1.54, 1.807) is 20.8 Å². The maximum absolute atomic E-state index is 12.5. The molecule has 0 aliphatic heterocycles. The highest BCUT2D eigenvalue weighted by atomic mass is 16.6. The fourth-order valence-corrected chi connectivity index (χ4v) is 3.04. The van der Waals surface area contributed by atoms with E-state index in [1.165, 1.54) is 4.68 Å². The van der Waals surface area contributed by atoms with E-state index in [4.69, 9.17) is 9.47 Å². The predicted octanol–water partition coefficient (Wildman–Crippen LogP) is 3.16. The van der Waals surface area contributed by atoms with Crippen LogP contribution < -0.4 is 14.8 Å². The summed E-state index contributed by atoms with van der Waals surface area (Å²) < 4.78 is 12.7. The second-order valence-electron chi connectivity index (χ2n) is 6.72. The largest absolute Gasteiger partial charge is 0.490 e. The van der Waals surface area contributed by atoms with Gasteiger partial charge in [-0.1, -0.05) is 13.0 Å². The Morgan fingerprint density at radius 1 is 1.24 bits per heavy atom. The quantitative estimate of drug-likeness (QED) is 0.481. The minimum atomic E-state index is -0.444. The van der Waals surface area contributed by atoms with Crippen LogP contribution in [-0.4, -0.2) is 33.8 Å². The van der Waals surface area contributed by atoms with Crippen molar-refractivity contribution in [3.63, 3.8) is 0 Å². The minimum Gasteiger partial charge on any atom is -0.490 e. The van der Waals surface area contributed by atoms with Crippen LogP contribution >= 0.6 is 0 Å². The minimum absolute atomic E-state index is 0.00421. The number of carbonyl (C=O) groups is 1. The van der Waals surface area contributed by atoms with Gasteiger partial charge in [0.2, 0.25) is 5.91 Å². The first-order valence-electron chi connectivity index (χ1n) is 9.63. The Kier molecular flexibility index (Phi) is 7.58. The highest BCUT2D eigenvalue weighted by molar-refractivity contribution is 5.78. The molecule has 1 aromatic carbocycles. The van der Waals surface area contributed by atoms with Gasteiger partial charge in [0.15, 0.2) is 11.5 Å². The third kappa shape index (κ3) is 5.46. The molecule has 0 spiro atoms. The van der Waals surface area contributed by atoms with Crippen LogP contribution in [-0.2, 0) is 17.9 Å². The van der Waals surface area contributed by atoms with Crippen molar-refractivity contribution in [3.05, 3.63) is 45.3 Å². The van der Waals surface area contributed by atoms with Crippen LogP contribution in [0.1, 0.15) is 37.7 Å². The standard InChI is InChI=1S/C20H28N4O5/c1-6-28-17-9-8-16(10-18(17)29-7-2)11-21-20(25)13(3)12-23-15(5)19(24(26)27)14(4)22-23/h8-10,13H,6-7,11-12H2,1-5H3,(H,21,25). The molecule has 158 valence electrons. The van der Waals surface area contributed by atoms with E-state index < -0.39 is 10.8 Å². The van der Waals surface area contributed by atoms with Crippen LogP contribution in [0.5, 0.6) is 11.5 Å². The summed E-state index contributed by atoms with van der Waals surface area (Å²) in [6.45, 7) is 10.5. The van der Waals surface area contributed by atoms with Gasteiger partial charge in [-0.15, -0.1) is 0 Å². The molecule has 0 fully saturated rings. The van der Waals surface area contributed by atoms with Crippen LogP contribution in [0.15, 0.2) is 18.2 Å². The third-order valence-electron chi connectivity index (χ3n) is 4.49. The fraction of sp³-hybridized carbons (Fsp3) is 0.500. The van der Waals surface area contributed by atoms with Gasteiger partial charge in [-0.2, -0.15) is 5.10 Å². The van der Waals surface area contributed by atoms with E-state index >= 15 is 0 Å². The summed E-state index contributed by atoms with van der Waals surface area (Å²) in [4.78, 5) is 23.2. The van der Waals surface area contributed by atoms with Gasteiger partial charge in [0.05, 0.1) is 30.6 Å². The third-order valence-corrected chi connectivity index (χ3v) is 4.49. The number of rotatable bonds is 10. The van der Waals surface area contributed by atoms with Crippen molar-refractivity contribution in [1.29, 1.82) is 0 Å². The van der Waals surface area contributed by atoms with Crippen LogP contribution in [0.25, 0.3) is 0 Å². The van der Waals surface area contributed by atoms with E-state index in [-0.39, 0.29) is 18.1 Å². The zero-order chi connectivity index (χ0) is 21.6. The first-order valence-corrected chi connectivity index (χ1v) is 9.63. The molecule has 9 heteroatoms. The van der Waals surface area contributed by atoms with Gasteiger partial charge in [-0.25, -0.2) is 0 Å². The van der Waals surface area contributed by atoms with Crippen molar-refractivity contribution in [2.45, 2.75) is 47.7 Å². The molecule has 1 aromatic heterocycles. The number of nitrogens with zero attached hydrogens (tertiary/aromatic N) is 3. The topological polar surface area (TPSA) is 109 Å². The van der Waals surface area contributed by atoms with Crippen LogP contribution in [0, 0.1) is 29.9 Å². The predicted molar refractivity (Wildman–Crippen MR) is 108 cm³/mol. The molecule has 2 rings (SSSR count). The lowest BCUT2D eigenvalue weighted by molar-refractivity contribution is -0.386. The van der Waals surface area contributed by atoms with Gasteiger partial charge in [0, 0.05) is 6.54 Å². The summed E-state index contributed by atoms with van der Waals surface area (Å²) in [5, 5.41) is 18.2. The number of hydrogen-bond donors (Lipinski definition) is 1. The van der Waals surface area contributed by atoms with Crippen molar-refractivity contribution < 1.29 is 19.2 Å². The Morgan fingerprint density at radius 2 is 1.90 bits per heavy atom. The molecule has 0 aliphatic carbocycles. The number of hydrogen-bond acceptors (Lipinski definition) is 6. The molecule has 1 atom stereocenters. The second kappa shape index (κ2) is 9.90. The smallest absolute Gasteiger partial charge is 0.312 e. The number of ether oxygens (including phenoxy) is 2. The van der Waals surface area contributed by atoms with Gasteiger partial charge in [-0.3, -0.25) is 19.6 Å². The SMILES string of the molecule is CCOc1ccc(CNC(=O)C(C)Cn2nc(C)c([N+](=O)[O-])c2C)cc1OCC. The van der Waals surface area contributed by atoms with Crippen molar-refractivity contribution in [2.24, 2.45) is 5.92 Å². The van der Waals surface area contributed by atoms with Crippen molar-refractivity contribution in [3.8, 4) is 11.5 Å². The van der Waals surface area contributed by atoms with Crippen LogP contribution in [0.2, 0.25) is 0 Å². The Balaban J connectivity index is 2.01. The van der Waals surface area contributed by atoms with Crippen molar-refractivity contribution in [2.75, 3.05) is 13.2 Å². The normalized spacial score (nSPS) is 11.8. The van der Waals surface area contributed by atoms with Crippen LogP contribution in [0.3, 0.4) is 0 Å². The van der Waals surface area contributed by atoms with E-state index in [0.29, 0.717) is 42.6 Å². The number of carbonyl (C=O) groups excluding carboxylic acids is 1. The highest BCUT2D eigenvalue weighted by Gasteiger charge is 2.24. The summed E-state index contributed by atoms with van der Waals surface area (Å²) in [5.41, 5.74) is 1.67. The lowest BCUT2D eigenvalue weighted by atomic mass is 10.1. The average molecular weight is 404 g/mol. The van der Waals surface area contributed by atoms with Gasteiger partial charge in [0.1, 0.15) is 11.4 Å². The Morgan fingerprint density at radius 3 is 2.48 bits per heavy atom. The van der Waals surface area contributed by atoms with E-state index in [1.807, 2.05) is 32.0 Å². The molecule has 0 saturated carbocycles. The Bertz CT molecular complexity index is 878. The molecule has 0 radical (unpaired) electrons. The molecule has 9 nitrogen and oxygen atoms in total. The van der Waals surface area contributed by atoms with Crippen molar-refractivity contribution in [1.82, 2.24) is 15.1 Å². The molecule has 1 heterocycles. The summed E-state index contributed by atoms with van der Waals surface area (Å²) in [6.07, 6.45) is 0. The molecule has 2 aromatic rings. The highest BCUT2D eigenvalue weighted by Crippen LogP contribution is 2.28. The van der Waals surface area contributed by atoms with E-state index in [9.17, 15) is 14.9 Å². The van der Waals surface area contributed by atoms with Gasteiger partial charge in [0.25, 0.3) is 0 Å². The fourth-order valence-electron chi connectivity index (χ4n) is 3.04.